The van der Waals surface area contributed by atoms with Crippen LogP contribution < -0.4 is 10.6 Å². The first kappa shape index (κ1) is 24.7. The lowest BCUT2D eigenvalue weighted by Gasteiger charge is -2.51. The molecule has 2 aromatic rings. The van der Waals surface area contributed by atoms with E-state index < -0.39 is 0 Å². The van der Waals surface area contributed by atoms with Gasteiger partial charge >= 0.3 is 6.03 Å². The lowest BCUT2D eigenvalue weighted by molar-refractivity contribution is -0.0145. The number of piperidine rings is 4. The quantitative estimate of drug-likeness (QED) is 0.498. The number of nitrogens with one attached hydrogen (secondary N) is 2. The maximum Gasteiger partial charge on any atom is 0.319 e. The topological polar surface area (TPSA) is 47.6 Å². The van der Waals surface area contributed by atoms with E-state index in [4.69, 9.17) is 0 Å². The van der Waals surface area contributed by atoms with Crippen LogP contribution in [0.15, 0.2) is 59.5 Å². The van der Waals surface area contributed by atoms with Crippen molar-refractivity contribution in [1.82, 2.24) is 15.1 Å². The molecule has 0 saturated carbocycles. The molecule has 0 radical (unpaired) electrons. The number of carbonyl (C=O) groups excluding carboxylic acids is 1. The summed E-state index contributed by atoms with van der Waals surface area (Å²) in [5, 5.41) is 6.13. The van der Waals surface area contributed by atoms with E-state index in [1.165, 1.54) is 70.4 Å². The highest BCUT2D eigenvalue weighted by molar-refractivity contribution is 7.98. The summed E-state index contributed by atoms with van der Waals surface area (Å²) in [5.74, 6) is 2.42. The number of benzene rings is 2. The number of fused-ring (bicyclic) bond motifs is 3. The summed E-state index contributed by atoms with van der Waals surface area (Å²) in [6.45, 7) is 6.88. The second-order valence-corrected chi connectivity index (χ2v) is 11.6. The van der Waals surface area contributed by atoms with E-state index in [-0.39, 0.29) is 6.03 Å². The highest BCUT2D eigenvalue weighted by atomic mass is 32.2. The largest absolute Gasteiger partial charge is 0.336 e. The van der Waals surface area contributed by atoms with E-state index in [1.807, 2.05) is 24.5 Å². The minimum atomic E-state index is -0.0965. The van der Waals surface area contributed by atoms with Gasteiger partial charge in [-0.15, -0.1) is 11.8 Å². The second kappa shape index (κ2) is 11.8. The van der Waals surface area contributed by atoms with Gasteiger partial charge in [-0.1, -0.05) is 36.4 Å². The SMILES string of the molecule is CSc1cccc(NC(=O)NC[C@H]2C[C@@H]3CCN2C[C@@H]3CN2CCC(Cc3ccccc3)CC2)c1. The predicted octanol–water partition coefficient (Wildman–Crippen LogP) is 5.20. The van der Waals surface area contributed by atoms with Crippen LogP contribution in [0, 0.1) is 17.8 Å². The van der Waals surface area contributed by atoms with Crippen molar-refractivity contribution >= 4 is 23.5 Å². The number of hydrogen-bond acceptors (Lipinski definition) is 4. The van der Waals surface area contributed by atoms with E-state index in [2.05, 4.69) is 56.8 Å². The van der Waals surface area contributed by atoms with Gasteiger partial charge in [0, 0.05) is 36.3 Å². The van der Waals surface area contributed by atoms with Crippen LogP contribution in [0.3, 0.4) is 0 Å². The summed E-state index contributed by atoms with van der Waals surface area (Å²) in [5.41, 5.74) is 2.34. The molecule has 0 spiro atoms. The molecule has 2 bridgehead atoms. The van der Waals surface area contributed by atoms with Crippen LogP contribution in [0.4, 0.5) is 10.5 Å². The van der Waals surface area contributed by atoms with Crippen molar-refractivity contribution in [3.63, 3.8) is 0 Å². The average Bonchev–Trinajstić information content (AvgIpc) is 2.90. The van der Waals surface area contributed by atoms with Crippen LogP contribution in [0.1, 0.15) is 31.2 Å². The Balaban J connectivity index is 1.04. The molecule has 6 heteroatoms. The van der Waals surface area contributed by atoms with E-state index >= 15 is 0 Å². The Morgan fingerprint density at radius 2 is 1.86 bits per heavy atom. The van der Waals surface area contributed by atoms with Gasteiger partial charge in [-0.05, 0) is 99.5 Å². The van der Waals surface area contributed by atoms with Crippen molar-refractivity contribution in [3.05, 3.63) is 60.2 Å². The molecule has 5 nitrogen and oxygen atoms in total. The van der Waals surface area contributed by atoms with Crippen molar-refractivity contribution in [3.8, 4) is 0 Å². The maximum atomic E-state index is 12.5. The van der Waals surface area contributed by atoms with E-state index in [1.54, 1.807) is 11.8 Å². The molecule has 2 aromatic carbocycles. The zero-order valence-electron chi connectivity index (χ0n) is 21.0. The molecule has 4 aliphatic rings. The normalized spacial score (nSPS) is 27.0. The molecule has 4 heterocycles. The summed E-state index contributed by atoms with van der Waals surface area (Å²) < 4.78 is 0. The lowest BCUT2D eigenvalue weighted by atomic mass is 9.75. The minimum absolute atomic E-state index is 0.0965. The van der Waals surface area contributed by atoms with E-state index in [9.17, 15) is 4.79 Å². The van der Waals surface area contributed by atoms with Crippen LogP contribution >= 0.6 is 11.8 Å². The summed E-state index contributed by atoms with van der Waals surface area (Å²) in [7, 11) is 0. The summed E-state index contributed by atoms with van der Waals surface area (Å²) >= 11 is 1.68. The predicted molar refractivity (Wildman–Crippen MR) is 146 cm³/mol. The van der Waals surface area contributed by atoms with Crippen molar-refractivity contribution in [2.75, 3.05) is 50.8 Å². The van der Waals surface area contributed by atoms with Gasteiger partial charge in [-0.3, -0.25) is 4.90 Å². The molecule has 2 N–H and O–H groups in total. The highest BCUT2D eigenvalue weighted by Crippen LogP contribution is 2.37. The Bertz CT molecular complexity index is 962. The van der Waals surface area contributed by atoms with Gasteiger partial charge < -0.3 is 15.5 Å². The van der Waals surface area contributed by atoms with Crippen LogP contribution in [-0.4, -0.2) is 67.4 Å². The average molecular weight is 493 g/mol. The van der Waals surface area contributed by atoms with E-state index in [0.29, 0.717) is 6.04 Å². The number of anilines is 1. The fourth-order valence-electron chi connectivity index (χ4n) is 6.41. The molecular weight excluding hydrogens is 452 g/mol. The Morgan fingerprint density at radius 3 is 2.60 bits per heavy atom. The minimum Gasteiger partial charge on any atom is -0.336 e. The first-order valence-corrected chi connectivity index (χ1v) is 14.6. The number of thioether (sulfide) groups is 1. The summed E-state index contributed by atoms with van der Waals surface area (Å²) in [4.78, 5) is 19.0. The van der Waals surface area contributed by atoms with Gasteiger partial charge in [0.15, 0.2) is 0 Å². The van der Waals surface area contributed by atoms with Gasteiger partial charge in [0.1, 0.15) is 0 Å². The third kappa shape index (κ3) is 6.60. The zero-order valence-corrected chi connectivity index (χ0v) is 21.8. The molecule has 1 unspecified atom stereocenters. The van der Waals surface area contributed by atoms with Crippen LogP contribution in [0.2, 0.25) is 0 Å². The Hall–Kier alpha value is -2.02. The fraction of sp³-hybridized carbons (Fsp3) is 0.552. The summed E-state index contributed by atoms with van der Waals surface area (Å²) in [6.07, 6.45) is 8.48. The molecule has 0 aromatic heterocycles. The Labute approximate surface area is 215 Å². The van der Waals surface area contributed by atoms with Crippen molar-refractivity contribution in [1.29, 1.82) is 0 Å². The summed E-state index contributed by atoms with van der Waals surface area (Å²) in [6, 6.07) is 19.4. The molecular formula is C29H40N4OS. The molecule has 0 aliphatic carbocycles. The molecule has 4 saturated heterocycles. The van der Waals surface area contributed by atoms with Crippen LogP contribution in [0.25, 0.3) is 0 Å². The fourth-order valence-corrected chi connectivity index (χ4v) is 6.87. The second-order valence-electron chi connectivity index (χ2n) is 10.7. The number of hydrogen-bond donors (Lipinski definition) is 2. The third-order valence-corrected chi connectivity index (χ3v) is 9.13. The first-order valence-electron chi connectivity index (χ1n) is 13.4. The molecule has 188 valence electrons. The molecule has 4 atom stereocenters. The Kier molecular flexibility index (Phi) is 8.32. The molecule has 2 amide bonds. The first-order chi connectivity index (χ1) is 17.2. The van der Waals surface area contributed by atoms with Crippen molar-refractivity contribution in [2.45, 2.75) is 43.0 Å². The van der Waals surface area contributed by atoms with Crippen molar-refractivity contribution < 1.29 is 4.79 Å². The number of likely N-dealkylation sites (tertiary alicyclic amines) is 1. The van der Waals surface area contributed by atoms with Gasteiger partial charge in [0.05, 0.1) is 0 Å². The molecule has 6 rings (SSSR count). The third-order valence-electron chi connectivity index (χ3n) is 8.41. The maximum absolute atomic E-state index is 12.5. The van der Waals surface area contributed by atoms with E-state index in [0.717, 1.165) is 34.9 Å². The standard InChI is InChI=1S/C29H40N4OS/c1-35-28-9-5-8-26(18-28)31-29(34)30-19-27-17-24-12-15-33(27)21-25(24)20-32-13-10-23(11-14-32)16-22-6-3-2-4-7-22/h2-9,18,23-25,27H,10-17,19-21H2,1H3,(H2,30,31,34)/t24-,25-,27+/m0/s1. The van der Waals surface area contributed by atoms with Gasteiger partial charge in [-0.25, -0.2) is 4.79 Å². The van der Waals surface area contributed by atoms with Gasteiger partial charge in [0.25, 0.3) is 0 Å². The lowest BCUT2D eigenvalue weighted by Crippen LogP contribution is -2.59. The Morgan fingerprint density at radius 1 is 1.03 bits per heavy atom. The number of rotatable bonds is 8. The highest BCUT2D eigenvalue weighted by Gasteiger charge is 2.40. The van der Waals surface area contributed by atoms with Crippen LogP contribution in [0.5, 0.6) is 0 Å². The zero-order chi connectivity index (χ0) is 24.0. The number of carbonyl (C=O) groups is 1. The molecule has 4 fully saturated rings. The van der Waals surface area contributed by atoms with Crippen LogP contribution in [-0.2, 0) is 6.42 Å². The van der Waals surface area contributed by atoms with Crippen molar-refractivity contribution in [2.24, 2.45) is 17.8 Å². The van der Waals surface area contributed by atoms with Gasteiger partial charge in [0.2, 0.25) is 0 Å². The smallest absolute Gasteiger partial charge is 0.319 e. The number of urea groups is 1. The number of amides is 2. The molecule has 35 heavy (non-hydrogen) atoms. The molecule has 4 aliphatic heterocycles. The monoisotopic (exact) mass is 492 g/mol. The van der Waals surface area contributed by atoms with Gasteiger partial charge in [-0.2, -0.15) is 0 Å². The number of nitrogens with zero attached hydrogens (tertiary/aromatic N) is 2.